The number of aryl methyl sites for hydroxylation is 1. The molecule has 0 heterocycles. The molecule has 1 atom stereocenters. The Bertz CT molecular complexity index is 1000. The van der Waals surface area contributed by atoms with E-state index >= 15 is 0 Å². The van der Waals surface area contributed by atoms with Gasteiger partial charge in [0.25, 0.3) is 0 Å². The number of methoxy groups -OCH3 is 1. The summed E-state index contributed by atoms with van der Waals surface area (Å²) in [5, 5.41) is 3.13. The average Bonchev–Trinajstić information content (AvgIpc) is 2.72. The Morgan fingerprint density at radius 2 is 1.75 bits per heavy atom. The molecule has 0 saturated heterocycles. The van der Waals surface area contributed by atoms with Crippen LogP contribution in [0.15, 0.2) is 42.5 Å². The highest BCUT2D eigenvalue weighted by atomic mass is 32.2. The molecule has 2 aromatic carbocycles. The van der Waals surface area contributed by atoms with Gasteiger partial charge in [-0.15, -0.1) is 0 Å². The van der Waals surface area contributed by atoms with Crippen molar-refractivity contribution in [3.05, 3.63) is 59.2 Å². The first-order chi connectivity index (χ1) is 15.0. The van der Waals surface area contributed by atoms with Gasteiger partial charge in [0, 0.05) is 13.0 Å². The minimum absolute atomic E-state index is 0.0825. The van der Waals surface area contributed by atoms with E-state index in [1.807, 2.05) is 56.3 Å². The molecule has 0 saturated carbocycles. The molecule has 0 aliphatic carbocycles. The topological polar surface area (TPSA) is 75.7 Å². The third-order valence-electron chi connectivity index (χ3n) is 5.57. The third-order valence-corrected chi connectivity index (χ3v) is 6.75. The number of carbonyl (C=O) groups excluding carboxylic acids is 1. The van der Waals surface area contributed by atoms with Crippen molar-refractivity contribution in [3.8, 4) is 5.75 Å². The zero-order valence-electron chi connectivity index (χ0n) is 20.0. The fourth-order valence-electron chi connectivity index (χ4n) is 3.71. The second kappa shape index (κ2) is 11.4. The van der Waals surface area contributed by atoms with E-state index in [1.54, 1.807) is 7.11 Å². The van der Waals surface area contributed by atoms with Crippen LogP contribution in [0.3, 0.4) is 0 Å². The number of amides is 1. The second-order valence-electron chi connectivity index (χ2n) is 8.68. The van der Waals surface area contributed by atoms with Crippen molar-refractivity contribution in [1.29, 1.82) is 0 Å². The van der Waals surface area contributed by atoms with Gasteiger partial charge in [-0.1, -0.05) is 38.1 Å². The molecule has 176 valence electrons. The first kappa shape index (κ1) is 25.7. The number of nitrogens with zero attached hydrogens (tertiary/aromatic N) is 1. The van der Waals surface area contributed by atoms with Crippen molar-refractivity contribution in [3.63, 3.8) is 0 Å². The fourth-order valence-corrected chi connectivity index (χ4v) is 4.72. The highest BCUT2D eigenvalue weighted by molar-refractivity contribution is 7.92. The van der Waals surface area contributed by atoms with Gasteiger partial charge in [0.2, 0.25) is 15.9 Å². The Morgan fingerprint density at radius 1 is 1.09 bits per heavy atom. The van der Waals surface area contributed by atoms with E-state index in [2.05, 4.69) is 19.2 Å². The molecular formula is C25H36N2O4S. The van der Waals surface area contributed by atoms with E-state index in [4.69, 9.17) is 4.74 Å². The van der Waals surface area contributed by atoms with Crippen LogP contribution in [-0.2, 0) is 14.8 Å². The van der Waals surface area contributed by atoms with Gasteiger partial charge in [-0.05, 0) is 67.5 Å². The summed E-state index contributed by atoms with van der Waals surface area (Å²) < 4.78 is 31.5. The maximum absolute atomic E-state index is 12.7. The average molecular weight is 461 g/mol. The van der Waals surface area contributed by atoms with Crippen molar-refractivity contribution in [2.24, 2.45) is 5.92 Å². The van der Waals surface area contributed by atoms with Gasteiger partial charge in [0.05, 0.1) is 25.1 Å². The minimum Gasteiger partial charge on any atom is -0.497 e. The van der Waals surface area contributed by atoms with Crippen molar-refractivity contribution < 1.29 is 17.9 Å². The lowest BCUT2D eigenvalue weighted by Gasteiger charge is -2.25. The summed E-state index contributed by atoms with van der Waals surface area (Å²) in [6, 6.07) is 13.3. The van der Waals surface area contributed by atoms with Crippen LogP contribution in [0.5, 0.6) is 5.75 Å². The number of benzene rings is 2. The van der Waals surface area contributed by atoms with Gasteiger partial charge >= 0.3 is 0 Å². The Kier molecular flexibility index (Phi) is 9.13. The summed E-state index contributed by atoms with van der Waals surface area (Å²) in [5.41, 5.74) is 3.66. The number of ether oxygens (including phenoxy) is 1. The molecular weight excluding hydrogens is 424 g/mol. The smallest absolute Gasteiger partial charge is 0.232 e. The van der Waals surface area contributed by atoms with Gasteiger partial charge in [-0.25, -0.2) is 8.42 Å². The molecule has 0 fully saturated rings. The van der Waals surface area contributed by atoms with Crippen LogP contribution < -0.4 is 14.4 Å². The quantitative estimate of drug-likeness (QED) is 0.524. The number of hydrogen-bond acceptors (Lipinski definition) is 4. The highest BCUT2D eigenvalue weighted by Crippen LogP contribution is 2.26. The van der Waals surface area contributed by atoms with Gasteiger partial charge in [0.1, 0.15) is 5.75 Å². The van der Waals surface area contributed by atoms with Crippen molar-refractivity contribution in [2.45, 2.75) is 53.0 Å². The number of anilines is 1. The fraction of sp³-hybridized carbons (Fsp3) is 0.480. The summed E-state index contributed by atoms with van der Waals surface area (Å²) in [5.74, 6) is 1.10. The Morgan fingerprint density at radius 3 is 2.31 bits per heavy atom. The molecule has 0 bridgehead atoms. The largest absolute Gasteiger partial charge is 0.497 e. The zero-order valence-corrected chi connectivity index (χ0v) is 20.8. The maximum atomic E-state index is 12.7. The van der Waals surface area contributed by atoms with Crippen LogP contribution >= 0.6 is 0 Å². The molecule has 0 aliphatic rings. The molecule has 7 heteroatoms. The van der Waals surface area contributed by atoms with E-state index in [-0.39, 0.29) is 24.9 Å². The van der Waals surface area contributed by atoms with E-state index in [1.165, 1.54) is 10.6 Å². The molecule has 0 aliphatic heterocycles. The molecule has 32 heavy (non-hydrogen) atoms. The predicted octanol–water partition coefficient (Wildman–Crippen LogP) is 4.76. The number of sulfonamides is 1. The standard InChI is InChI=1S/C25H36N2O4S/c1-18(2)17-23(21-12-14-22(31-5)15-13-21)26-25(28)11-8-16-27(32(6,29)30)24-10-7-9-19(3)20(24)4/h7,9-10,12-15,18,23H,8,11,16-17H2,1-6H3,(H,26,28). The first-order valence-electron chi connectivity index (χ1n) is 11.0. The number of carbonyl (C=O) groups is 1. The molecule has 0 radical (unpaired) electrons. The lowest BCUT2D eigenvalue weighted by Crippen LogP contribution is -2.33. The Labute approximate surface area is 193 Å². The van der Waals surface area contributed by atoms with Crippen LogP contribution in [0.1, 0.15) is 55.8 Å². The van der Waals surface area contributed by atoms with Gasteiger partial charge in [-0.3, -0.25) is 9.10 Å². The lowest BCUT2D eigenvalue weighted by molar-refractivity contribution is -0.122. The van der Waals surface area contributed by atoms with Crippen molar-refractivity contribution in [2.75, 3.05) is 24.2 Å². The summed E-state index contributed by atoms with van der Waals surface area (Å²) in [6.07, 6.45) is 2.71. The molecule has 1 unspecified atom stereocenters. The number of rotatable bonds is 11. The van der Waals surface area contributed by atoms with Crippen LogP contribution in [0.2, 0.25) is 0 Å². The SMILES string of the molecule is COc1ccc(C(CC(C)C)NC(=O)CCCN(c2cccc(C)c2C)S(C)(=O)=O)cc1. The lowest BCUT2D eigenvalue weighted by atomic mass is 9.96. The number of nitrogens with one attached hydrogen (secondary N) is 1. The predicted molar refractivity (Wildman–Crippen MR) is 131 cm³/mol. The molecule has 1 N–H and O–H groups in total. The third kappa shape index (κ3) is 7.26. The molecule has 1 amide bonds. The molecule has 0 aromatic heterocycles. The summed E-state index contributed by atoms with van der Waals surface area (Å²) in [6.45, 7) is 8.38. The summed E-state index contributed by atoms with van der Waals surface area (Å²) in [4.78, 5) is 12.7. The minimum atomic E-state index is -3.45. The van der Waals surface area contributed by atoms with E-state index < -0.39 is 10.0 Å². The van der Waals surface area contributed by atoms with E-state index in [9.17, 15) is 13.2 Å². The van der Waals surface area contributed by atoms with E-state index in [0.717, 1.165) is 28.9 Å². The molecule has 6 nitrogen and oxygen atoms in total. The molecule has 2 aromatic rings. The van der Waals surface area contributed by atoms with Crippen LogP contribution in [0.4, 0.5) is 5.69 Å². The summed E-state index contributed by atoms with van der Waals surface area (Å²) >= 11 is 0. The van der Waals surface area contributed by atoms with Gasteiger partial charge in [0.15, 0.2) is 0 Å². The zero-order chi connectivity index (χ0) is 23.9. The van der Waals surface area contributed by atoms with Crippen LogP contribution in [0.25, 0.3) is 0 Å². The monoisotopic (exact) mass is 460 g/mol. The Balaban J connectivity index is 2.05. The second-order valence-corrected chi connectivity index (χ2v) is 10.6. The highest BCUT2D eigenvalue weighted by Gasteiger charge is 2.21. The van der Waals surface area contributed by atoms with Crippen molar-refractivity contribution >= 4 is 21.6 Å². The van der Waals surface area contributed by atoms with Crippen LogP contribution in [0, 0.1) is 19.8 Å². The maximum Gasteiger partial charge on any atom is 0.232 e. The van der Waals surface area contributed by atoms with Crippen LogP contribution in [-0.4, -0.2) is 34.2 Å². The summed E-state index contributed by atoms with van der Waals surface area (Å²) in [7, 11) is -1.83. The van der Waals surface area contributed by atoms with Gasteiger partial charge in [-0.2, -0.15) is 0 Å². The number of hydrogen-bond donors (Lipinski definition) is 1. The van der Waals surface area contributed by atoms with E-state index in [0.29, 0.717) is 18.0 Å². The molecule has 2 rings (SSSR count). The van der Waals surface area contributed by atoms with Crippen molar-refractivity contribution in [1.82, 2.24) is 5.32 Å². The van der Waals surface area contributed by atoms with Gasteiger partial charge < -0.3 is 10.1 Å². The normalized spacial score (nSPS) is 12.5. The first-order valence-corrected chi connectivity index (χ1v) is 12.8. The Hall–Kier alpha value is -2.54. The molecule has 0 spiro atoms.